The predicted octanol–water partition coefficient (Wildman–Crippen LogP) is 0.207. The zero-order valence-electron chi connectivity index (χ0n) is 10.4. The van der Waals surface area contributed by atoms with Crippen LogP contribution in [0.15, 0.2) is 12.2 Å². The summed E-state index contributed by atoms with van der Waals surface area (Å²) in [7, 11) is 0. The summed E-state index contributed by atoms with van der Waals surface area (Å²) in [5.41, 5.74) is -0.691. The van der Waals surface area contributed by atoms with Crippen LogP contribution >= 0.6 is 0 Å². The van der Waals surface area contributed by atoms with Crippen molar-refractivity contribution in [3.8, 4) is 0 Å². The topological polar surface area (TPSA) is 77.7 Å². The van der Waals surface area contributed by atoms with Crippen LogP contribution in [0.25, 0.3) is 0 Å². The predicted molar refractivity (Wildman–Crippen MR) is 59.8 cm³/mol. The maximum Gasteiger partial charge on any atom is 0.331 e. The van der Waals surface area contributed by atoms with E-state index in [0.717, 1.165) is 12.2 Å². The fourth-order valence-corrected chi connectivity index (χ4v) is 1.09. The first kappa shape index (κ1) is 13.0. The molecule has 2 rings (SSSR count). The highest BCUT2D eigenvalue weighted by Gasteiger charge is 2.41. The summed E-state index contributed by atoms with van der Waals surface area (Å²) in [6, 6.07) is 0. The summed E-state index contributed by atoms with van der Waals surface area (Å²) in [4.78, 5) is 22.5. The van der Waals surface area contributed by atoms with Crippen LogP contribution < -0.4 is 0 Å². The molecule has 0 aliphatic carbocycles. The van der Waals surface area contributed by atoms with Gasteiger partial charge in [0.2, 0.25) is 0 Å². The van der Waals surface area contributed by atoms with Gasteiger partial charge in [-0.2, -0.15) is 0 Å². The van der Waals surface area contributed by atoms with Crippen LogP contribution in [0.1, 0.15) is 13.8 Å². The number of carbonyl (C=O) groups is 2. The number of rotatable bonds is 6. The lowest BCUT2D eigenvalue weighted by atomic mass is 10.2. The molecule has 0 aromatic heterocycles. The van der Waals surface area contributed by atoms with E-state index in [1.54, 1.807) is 0 Å². The number of hydrogen-bond donors (Lipinski definition) is 0. The number of hydrogen-bond acceptors (Lipinski definition) is 6. The molecule has 2 heterocycles. The summed E-state index contributed by atoms with van der Waals surface area (Å²) in [6.07, 6.45) is 2.09. The standard InChI is InChI=1S/C12H16O6/c1-11(7-17-11)5-15-9(13)3-4-10(14)16-6-12(2)8-18-12/h3-4H,5-8H2,1-2H3/b4-3-. The van der Waals surface area contributed by atoms with E-state index in [1.807, 2.05) is 13.8 Å². The van der Waals surface area contributed by atoms with Gasteiger partial charge in [0.15, 0.2) is 0 Å². The van der Waals surface area contributed by atoms with Gasteiger partial charge in [0, 0.05) is 12.2 Å². The zero-order chi connectivity index (χ0) is 13.2. The third-order valence-electron chi connectivity index (χ3n) is 2.67. The van der Waals surface area contributed by atoms with Crippen LogP contribution in [0.2, 0.25) is 0 Å². The van der Waals surface area contributed by atoms with Gasteiger partial charge in [-0.1, -0.05) is 0 Å². The van der Waals surface area contributed by atoms with Gasteiger partial charge in [-0.3, -0.25) is 0 Å². The highest BCUT2D eigenvalue weighted by Crippen LogP contribution is 2.26. The Balaban J connectivity index is 1.62. The minimum Gasteiger partial charge on any atom is -0.459 e. The Hall–Kier alpha value is -1.40. The highest BCUT2D eigenvalue weighted by molar-refractivity contribution is 5.91. The summed E-state index contributed by atoms with van der Waals surface area (Å²) >= 11 is 0. The molecule has 100 valence electrons. The molecule has 2 unspecified atom stereocenters. The number of carbonyl (C=O) groups excluding carboxylic acids is 2. The van der Waals surface area contributed by atoms with Crippen LogP contribution in [0.3, 0.4) is 0 Å². The van der Waals surface area contributed by atoms with E-state index >= 15 is 0 Å². The molecule has 0 aromatic carbocycles. The average molecular weight is 256 g/mol. The zero-order valence-corrected chi connectivity index (χ0v) is 10.4. The smallest absolute Gasteiger partial charge is 0.331 e. The van der Waals surface area contributed by atoms with Crippen LogP contribution in [0.4, 0.5) is 0 Å². The number of epoxide rings is 2. The van der Waals surface area contributed by atoms with Gasteiger partial charge in [-0.05, 0) is 13.8 Å². The van der Waals surface area contributed by atoms with Gasteiger partial charge in [0.25, 0.3) is 0 Å². The van der Waals surface area contributed by atoms with Crippen molar-refractivity contribution in [1.29, 1.82) is 0 Å². The number of esters is 2. The summed E-state index contributed by atoms with van der Waals surface area (Å²) < 4.78 is 19.9. The molecule has 0 radical (unpaired) electrons. The van der Waals surface area contributed by atoms with Crippen LogP contribution in [0, 0.1) is 0 Å². The van der Waals surface area contributed by atoms with Gasteiger partial charge in [-0.15, -0.1) is 0 Å². The molecule has 2 saturated heterocycles. The molecule has 0 aromatic rings. The first-order valence-electron chi connectivity index (χ1n) is 5.70. The monoisotopic (exact) mass is 256 g/mol. The van der Waals surface area contributed by atoms with E-state index < -0.39 is 11.9 Å². The minimum atomic E-state index is -0.586. The van der Waals surface area contributed by atoms with E-state index in [4.69, 9.17) is 18.9 Å². The highest BCUT2D eigenvalue weighted by atomic mass is 16.6. The first-order chi connectivity index (χ1) is 8.41. The van der Waals surface area contributed by atoms with Crippen LogP contribution in [-0.4, -0.2) is 49.6 Å². The molecule has 2 atom stereocenters. The molecule has 2 aliphatic rings. The Morgan fingerprint density at radius 3 is 1.61 bits per heavy atom. The van der Waals surface area contributed by atoms with Crippen LogP contribution in [-0.2, 0) is 28.5 Å². The summed E-state index contributed by atoms with van der Waals surface area (Å²) in [6.45, 7) is 5.24. The molecule has 0 N–H and O–H groups in total. The van der Waals surface area contributed by atoms with Gasteiger partial charge in [-0.25, -0.2) is 9.59 Å². The first-order valence-corrected chi connectivity index (χ1v) is 5.70. The molecule has 2 aliphatic heterocycles. The normalized spacial score (nSPS) is 33.2. The Morgan fingerprint density at radius 2 is 1.33 bits per heavy atom. The van der Waals surface area contributed by atoms with E-state index in [2.05, 4.69) is 0 Å². The van der Waals surface area contributed by atoms with Gasteiger partial charge >= 0.3 is 11.9 Å². The molecular weight excluding hydrogens is 240 g/mol. The van der Waals surface area contributed by atoms with E-state index in [9.17, 15) is 9.59 Å². The molecule has 0 bridgehead atoms. The molecule has 0 amide bonds. The van der Waals surface area contributed by atoms with Gasteiger partial charge in [0.1, 0.15) is 24.4 Å². The van der Waals surface area contributed by atoms with Gasteiger partial charge < -0.3 is 18.9 Å². The second-order valence-electron chi connectivity index (χ2n) is 5.03. The Kier molecular flexibility index (Phi) is 3.41. The van der Waals surface area contributed by atoms with Crippen molar-refractivity contribution >= 4 is 11.9 Å². The molecular formula is C12H16O6. The lowest BCUT2D eigenvalue weighted by molar-refractivity contribution is -0.142. The van der Waals surface area contributed by atoms with Crippen molar-refractivity contribution in [1.82, 2.24) is 0 Å². The Labute approximate surface area is 105 Å². The second-order valence-corrected chi connectivity index (χ2v) is 5.03. The second kappa shape index (κ2) is 4.70. The van der Waals surface area contributed by atoms with Crippen molar-refractivity contribution in [2.24, 2.45) is 0 Å². The molecule has 2 fully saturated rings. The fourth-order valence-electron chi connectivity index (χ4n) is 1.09. The molecule has 0 saturated carbocycles. The lowest BCUT2D eigenvalue weighted by Crippen LogP contribution is -2.18. The third-order valence-corrected chi connectivity index (χ3v) is 2.67. The van der Waals surface area contributed by atoms with Crippen molar-refractivity contribution in [3.05, 3.63) is 12.2 Å². The minimum absolute atomic E-state index is 0.192. The van der Waals surface area contributed by atoms with Crippen molar-refractivity contribution in [3.63, 3.8) is 0 Å². The molecule has 0 spiro atoms. The number of ether oxygens (including phenoxy) is 4. The Morgan fingerprint density at radius 1 is 1.00 bits per heavy atom. The van der Waals surface area contributed by atoms with Gasteiger partial charge in [0.05, 0.1) is 13.2 Å². The Bertz CT molecular complexity index is 342. The van der Waals surface area contributed by atoms with Crippen molar-refractivity contribution < 1.29 is 28.5 Å². The van der Waals surface area contributed by atoms with E-state index in [-0.39, 0.29) is 24.4 Å². The average Bonchev–Trinajstić information content (AvgIpc) is 3.23. The van der Waals surface area contributed by atoms with E-state index in [1.165, 1.54) is 0 Å². The molecule has 18 heavy (non-hydrogen) atoms. The summed E-state index contributed by atoms with van der Waals surface area (Å²) in [5, 5.41) is 0. The van der Waals surface area contributed by atoms with Crippen molar-refractivity contribution in [2.75, 3.05) is 26.4 Å². The maximum atomic E-state index is 11.2. The quantitative estimate of drug-likeness (QED) is 0.384. The van der Waals surface area contributed by atoms with Crippen molar-refractivity contribution in [2.45, 2.75) is 25.0 Å². The lowest BCUT2D eigenvalue weighted by Gasteiger charge is -2.05. The molecule has 6 nitrogen and oxygen atoms in total. The fraction of sp³-hybridized carbons (Fsp3) is 0.667. The largest absolute Gasteiger partial charge is 0.459 e. The SMILES string of the molecule is CC1(COC(=O)/C=C\C(=O)OCC2(C)CO2)CO1. The maximum absolute atomic E-state index is 11.2. The van der Waals surface area contributed by atoms with E-state index in [0.29, 0.717) is 13.2 Å². The van der Waals surface area contributed by atoms with Crippen LogP contribution in [0.5, 0.6) is 0 Å². The molecule has 6 heteroatoms. The third kappa shape index (κ3) is 4.12. The summed E-state index contributed by atoms with van der Waals surface area (Å²) in [5.74, 6) is -1.17.